The second-order valence-corrected chi connectivity index (χ2v) is 3.57. The van der Waals surface area contributed by atoms with Gasteiger partial charge in [-0.1, -0.05) is 13.8 Å². The van der Waals surface area contributed by atoms with E-state index in [0.29, 0.717) is 12.5 Å². The summed E-state index contributed by atoms with van der Waals surface area (Å²) >= 11 is 0. The van der Waals surface area contributed by atoms with E-state index in [4.69, 9.17) is 5.11 Å². The quantitative estimate of drug-likeness (QED) is 0.503. The summed E-state index contributed by atoms with van der Waals surface area (Å²) in [6, 6.07) is -0.479. The first-order valence-electron chi connectivity index (χ1n) is 4.68. The molecule has 4 heteroatoms. The highest BCUT2D eigenvalue weighted by Crippen LogP contribution is 1.96. The fourth-order valence-electron chi connectivity index (χ4n) is 0.950. The zero-order chi connectivity index (χ0) is 10.3. The zero-order valence-corrected chi connectivity index (χ0v) is 8.63. The van der Waals surface area contributed by atoms with E-state index in [2.05, 4.69) is 24.5 Å². The van der Waals surface area contributed by atoms with Gasteiger partial charge in [0.25, 0.3) is 0 Å². The fourth-order valence-corrected chi connectivity index (χ4v) is 0.950. The van der Waals surface area contributed by atoms with Crippen molar-refractivity contribution in [3.63, 3.8) is 0 Å². The molecule has 0 aliphatic rings. The smallest absolute Gasteiger partial charge is 0.322 e. The summed E-state index contributed by atoms with van der Waals surface area (Å²) in [5.74, 6) is -0.148. The fraction of sp³-hybridized carbons (Fsp3) is 0.889. The van der Waals surface area contributed by atoms with Crippen molar-refractivity contribution in [2.75, 3.05) is 20.1 Å². The SMILES string of the molecule is CNC(CNCCC(C)C)C(=O)O. The highest BCUT2D eigenvalue weighted by Gasteiger charge is 2.13. The predicted molar refractivity (Wildman–Crippen MR) is 52.8 cm³/mol. The molecule has 0 saturated carbocycles. The van der Waals surface area contributed by atoms with E-state index in [1.807, 2.05) is 0 Å². The molecule has 0 aromatic heterocycles. The van der Waals surface area contributed by atoms with Gasteiger partial charge in [-0.05, 0) is 25.9 Å². The number of carboxylic acids is 1. The molecule has 0 bridgehead atoms. The summed E-state index contributed by atoms with van der Waals surface area (Å²) < 4.78 is 0. The molecule has 0 fully saturated rings. The van der Waals surface area contributed by atoms with Gasteiger partial charge in [0.1, 0.15) is 6.04 Å². The second-order valence-electron chi connectivity index (χ2n) is 3.57. The molecule has 0 amide bonds. The number of carbonyl (C=O) groups is 1. The molecule has 1 unspecified atom stereocenters. The summed E-state index contributed by atoms with van der Waals surface area (Å²) in [6.07, 6.45) is 1.08. The van der Waals surface area contributed by atoms with Crippen molar-refractivity contribution in [3.8, 4) is 0 Å². The molecule has 0 spiro atoms. The molecule has 0 aromatic carbocycles. The lowest BCUT2D eigenvalue weighted by molar-refractivity contribution is -0.139. The number of hydrogen-bond donors (Lipinski definition) is 3. The molecule has 78 valence electrons. The molecule has 1 atom stereocenters. The third-order valence-corrected chi connectivity index (χ3v) is 1.89. The van der Waals surface area contributed by atoms with Gasteiger partial charge in [0.05, 0.1) is 0 Å². The molecule has 0 heterocycles. The molecule has 0 rings (SSSR count). The van der Waals surface area contributed by atoms with Crippen molar-refractivity contribution in [1.82, 2.24) is 10.6 Å². The number of likely N-dealkylation sites (N-methyl/N-ethyl adjacent to an activating group) is 1. The van der Waals surface area contributed by atoms with Crippen LogP contribution in [0.5, 0.6) is 0 Å². The molecule has 0 radical (unpaired) electrons. The number of aliphatic carboxylic acids is 1. The highest BCUT2D eigenvalue weighted by molar-refractivity contribution is 5.73. The van der Waals surface area contributed by atoms with Crippen molar-refractivity contribution >= 4 is 5.97 Å². The lowest BCUT2D eigenvalue weighted by Gasteiger charge is -2.12. The van der Waals surface area contributed by atoms with Gasteiger partial charge >= 0.3 is 5.97 Å². The Balaban J connectivity index is 3.44. The highest BCUT2D eigenvalue weighted by atomic mass is 16.4. The third kappa shape index (κ3) is 6.54. The summed E-state index contributed by atoms with van der Waals surface area (Å²) in [6.45, 7) is 5.66. The van der Waals surface area contributed by atoms with Crippen molar-refractivity contribution < 1.29 is 9.90 Å². The van der Waals surface area contributed by atoms with Gasteiger partial charge in [-0.25, -0.2) is 0 Å². The minimum Gasteiger partial charge on any atom is -0.480 e. The van der Waals surface area contributed by atoms with Crippen molar-refractivity contribution in [1.29, 1.82) is 0 Å². The Hall–Kier alpha value is -0.610. The maximum atomic E-state index is 10.6. The largest absolute Gasteiger partial charge is 0.480 e. The molecule has 0 aromatic rings. The molecule has 4 nitrogen and oxygen atoms in total. The van der Waals surface area contributed by atoms with Crippen LogP contribution in [0.15, 0.2) is 0 Å². The van der Waals surface area contributed by atoms with Crippen LogP contribution in [0.3, 0.4) is 0 Å². The van der Waals surface area contributed by atoms with Crippen LogP contribution in [-0.2, 0) is 4.79 Å². The van der Waals surface area contributed by atoms with Gasteiger partial charge in [0.2, 0.25) is 0 Å². The Morgan fingerprint density at radius 3 is 2.46 bits per heavy atom. The van der Waals surface area contributed by atoms with E-state index >= 15 is 0 Å². The lowest BCUT2D eigenvalue weighted by Crippen LogP contribution is -2.42. The van der Waals surface area contributed by atoms with Crippen molar-refractivity contribution in [2.45, 2.75) is 26.3 Å². The Morgan fingerprint density at radius 2 is 2.08 bits per heavy atom. The van der Waals surface area contributed by atoms with Crippen LogP contribution < -0.4 is 10.6 Å². The summed E-state index contributed by atoms with van der Waals surface area (Å²) in [5, 5.41) is 14.5. The lowest BCUT2D eigenvalue weighted by atomic mass is 10.1. The third-order valence-electron chi connectivity index (χ3n) is 1.89. The van der Waals surface area contributed by atoms with Crippen molar-refractivity contribution in [3.05, 3.63) is 0 Å². The van der Waals surface area contributed by atoms with E-state index in [-0.39, 0.29) is 0 Å². The number of hydrogen-bond acceptors (Lipinski definition) is 3. The minimum atomic E-state index is -0.806. The monoisotopic (exact) mass is 188 g/mol. The number of rotatable bonds is 7. The molecular formula is C9H20N2O2. The van der Waals surface area contributed by atoms with Gasteiger partial charge in [-0.3, -0.25) is 4.79 Å². The second kappa shape index (κ2) is 6.86. The van der Waals surface area contributed by atoms with Crippen LogP contribution in [-0.4, -0.2) is 37.3 Å². The summed E-state index contributed by atoms with van der Waals surface area (Å²) in [5.41, 5.74) is 0. The maximum Gasteiger partial charge on any atom is 0.322 e. The maximum absolute atomic E-state index is 10.6. The zero-order valence-electron chi connectivity index (χ0n) is 8.63. The van der Waals surface area contributed by atoms with E-state index in [1.54, 1.807) is 7.05 Å². The van der Waals surface area contributed by atoms with Crippen LogP contribution in [0.2, 0.25) is 0 Å². The van der Waals surface area contributed by atoms with E-state index in [1.165, 1.54) is 0 Å². The first kappa shape index (κ1) is 12.4. The van der Waals surface area contributed by atoms with E-state index < -0.39 is 12.0 Å². The topological polar surface area (TPSA) is 61.4 Å². The summed E-state index contributed by atoms with van der Waals surface area (Å²) in [4.78, 5) is 10.6. The Labute approximate surface area is 79.7 Å². The van der Waals surface area contributed by atoms with Gasteiger partial charge in [0, 0.05) is 6.54 Å². The molecule has 3 N–H and O–H groups in total. The average molecular weight is 188 g/mol. The van der Waals surface area contributed by atoms with Crippen molar-refractivity contribution in [2.24, 2.45) is 5.92 Å². The van der Waals surface area contributed by atoms with E-state index in [0.717, 1.165) is 13.0 Å². The minimum absolute atomic E-state index is 0.479. The number of carboxylic acid groups (broad SMARTS) is 1. The van der Waals surface area contributed by atoms with E-state index in [9.17, 15) is 4.79 Å². The standard InChI is InChI=1S/C9H20N2O2/c1-7(2)4-5-11-6-8(10-3)9(12)13/h7-8,10-11H,4-6H2,1-3H3,(H,12,13). The molecule has 0 aliphatic heterocycles. The van der Waals surface area contributed by atoms with Crippen LogP contribution >= 0.6 is 0 Å². The van der Waals surface area contributed by atoms with Crippen LogP contribution in [0.4, 0.5) is 0 Å². The number of nitrogens with one attached hydrogen (secondary N) is 2. The Bertz CT molecular complexity index is 149. The first-order chi connectivity index (χ1) is 6.07. The predicted octanol–water partition coefficient (Wildman–Crippen LogP) is 0.295. The molecule has 0 saturated heterocycles. The van der Waals surface area contributed by atoms with Crippen LogP contribution in [0, 0.1) is 5.92 Å². The van der Waals surface area contributed by atoms with Gasteiger partial charge in [-0.2, -0.15) is 0 Å². The Morgan fingerprint density at radius 1 is 1.46 bits per heavy atom. The summed E-state index contributed by atoms with van der Waals surface area (Å²) in [7, 11) is 1.66. The average Bonchev–Trinajstić information content (AvgIpc) is 2.03. The Kier molecular flexibility index (Phi) is 6.54. The molecule has 13 heavy (non-hydrogen) atoms. The van der Waals surface area contributed by atoms with Gasteiger partial charge < -0.3 is 15.7 Å². The first-order valence-corrected chi connectivity index (χ1v) is 4.68. The van der Waals surface area contributed by atoms with Crippen LogP contribution in [0.25, 0.3) is 0 Å². The molecular weight excluding hydrogens is 168 g/mol. The normalized spacial score (nSPS) is 13.2. The van der Waals surface area contributed by atoms with Gasteiger partial charge in [0.15, 0.2) is 0 Å². The van der Waals surface area contributed by atoms with Crippen LogP contribution in [0.1, 0.15) is 20.3 Å². The van der Waals surface area contributed by atoms with Gasteiger partial charge in [-0.15, -0.1) is 0 Å². The molecule has 0 aliphatic carbocycles.